The SMILES string of the molecule is CCCC(C)(NS(=O)(=O)N(C)C)C(=O)OC. The van der Waals surface area contributed by atoms with Crippen molar-refractivity contribution in [3.63, 3.8) is 0 Å². The number of rotatable bonds is 6. The first kappa shape index (κ1) is 15.3. The summed E-state index contributed by atoms with van der Waals surface area (Å²) < 4.78 is 31.3. The Morgan fingerprint density at radius 3 is 2.25 bits per heavy atom. The van der Waals surface area contributed by atoms with Gasteiger partial charge in [-0.3, -0.25) is 4.79 Å². The summed E-state index contributed by atoms with van der Waals surface area (Å²) in [4.78, 5) is 11.6. The van der Waals surface area contributed by atoms with Crippen LogP contribution in [0.1, 0.15) is 26.7 Å². The zero-order valence-corrected chi connectivity index (χ0v) is 11.2. The average Bonchev–Trinajstić information content (AvgIpc) is 2.15. The summed E-state index contributed by atoms with van der Waals surface area (Å²) in [6, 6.07) is 0. The molecule has 0 aliphatic carbocycles. The van der Waals surface area contributed by atoms with E-state index in [-0.39, 0.29) is 0 Å². The smallest absolute Gasteiger partial charge is 0.326 e. The first-order valence-electron chi connectivity index (χ1n) is 4.99. The van der Waals surface area contributed by atoms with Crippen molar-refractivity contribution in [2.75, 3.05) is 21.2 Å². The molecule has 1 unspecified atom stereocenters. The molecule has 16 heavy (non-hydrogen) atoms. The summed E-state index contributed by atoms with van der Waals surface area (Å²) in [6.45, 7) is 3.38. The predicted molar refractivity (Wildman–Crippen MR) is 61.1 cm³/mol. The van der Waals surface area contributed by atoms with Crippen LogP contribution >= 0.6 is 0 Å². The molecule has 0 fully saturated rings. The third-order valence-corrected chi connectivity index (χ3v) is 3.89. The molecule has 1 N–H and O–H groups in total. The molecule has 96 valence electrons. The summed E-state index contributed by atoms with van der Waals surface area (Å²) in [5.41, 5.74) is -1.22. The monoisotopic (exact) mass is 252 g/mol. The lowest BCUT2D eigenvalue weighted by molar-refractivity contribution is -0.147. The van der Waals surface area contributed by atoms with Gasteiger partial charge in [-0.25, -0.2) is 0 Å². The number of carbonyl (C=O) groups excluding carboxylic acids is 1. The Hall–Kier alpha value is -0.660. The van der Waals surface area contributed by atoms with E-state index in [0.29, 0.717) is 12.8 Å². The highest BCUT2D eigenvalue weighted by atomic mass is 32.2. The molecule has 0 heterocycles. The Morgan fingerprint density at radius 1 is 1.44 bits per heavy atom. The largest absolute Gasteiger partial charge is 0.468 e. The van der Waals surface area contributed by atoms with Gasteiger partial charge in [0.05, 0.1) is 7.11 Å². The van der Waals surface area contributed by atoms with Crippen LogP contribution in [0.25, 0.3) is 0 Å². The van der Waals surface area contributed by atoms with Gasteiger partial charge in [-0.1, -0.05) is 13.3 Å². The average molecular weight is 252 g/mol. The van der Waals surface area contributed by atoms with Crippen molar-refractivity contribution >= 4 is 16.2 Å². The van der Waals surface area contributed by atoms with Gasteiger partial charge < -0.3 is 4.74 Å². The lowest BCUT2D eigenvalue weighted by Gasteiger charge is -2.28. The molecule has 0 amide bonds. The zero-order valence-electron chi connectivity index (χ0n) is 10.4. The number of methoxy groups -OCH3 is 1. The van der Waals surface area contributed by atoms with Crippen molar-refractivity contribution in [3.05, 3.63) is 0 Å². The standard InChI is InChI=1S/C9H20N2O4S/c1-6-7-9(2,8(12)15-5)10-16(13,14)11(3)4/h10H,6-7H2,1-5H3. The van der Waals surface area contributed by atoms with Crippen LogP contribution in [0.3, 0.4) is 0 Å². The van der Waals surface area contributed by atoms with E-state index in [0.717, 1.165) is 4.31 Å². The van der Waals surface area contributed by atoms with Gasteiger partial charge in [0.2, 0.25) is 0 Å². The number of nitrogens with one attached hydrogen (secondary N) is 1. The molecule has 0 bridgehead atoms. The first-order chi connectivity index (χ1) is 7.19. The molecule has 0 aromatic heterocycles. The molecule has 0 aromatic carbocycles. The maximum atomic E-state index is 11.6. The Bertz CT molecular complexity index is 339. The fraction of sp³-hybridized carbons (Fsp3) is 0.889. The van der Waals surface area contributed by atoms with Crippen LogP contribution in [0.2, 0.25) is 0 Å². The molecule has 0 aromatic rings. The second kappa shape index (κ2) is 5.60. The Kier molecular flexibility index (Phi) is 5.37. The molecular weight excluding hydrogens is 232 g/mol. The third-order valence-electron chi connectivity index (χ3n) is 2.22. The summed E-state index contributed by atoms with van der Waals surface area (Å²) in [5, 5.41) is 0. The molecule has 1 atom stereocenters. The van der Waals surface area contributed by atoms with Crippen LogP contribution in [0.15, 0.2) is 0 Å². The van der Waals surface area contributed by atoms with Gasteiger partial charge in [-0.05, 0) is 13.3 Å². The number of esters is 1. The molecule has 0 saturated carbocycles. The molecule has 0 spiro atoms. The van der Waals surface area contributed by atoms with E-state index >= 15 is 0 Å². The summed E-state index contributed by atoms with van der Waals surface area (Å²) in [5.74, 6) is -0.584. The van der Waals surface area contributed by atoms with Crippen molar-refractivity contribution in [2.24, 2.45) is 0 Å². The van der Waals surface area contributed by atoms with Crippen molar-refractivity contribution in [1.29, 1.82) is 0 Å². The minimum absolute atomic E-state index is 0.382. The molecule has 7 heteroatoms. The second-order valence-electron chi connectivity index (χ2n) is 3.96. The molecule has 0 saturated heterocycles. The summed E-state index contributed by atoms with van der Waals surface area (Å²) in [6.07, 6.45) is 1.05. The van der Waals surface area contributed by atoms with Gasteiger partial charge in [0.25, 0.3) is 10.2 Å². The maximum Gasteiger partial charge on any atom is 0.326 e. The number of carbonyl (C=O) groups is 1. The van der Waals surface area contributed by atoms with Gasteiger partial charge >= 0.3 is 5.97 Å². The zero-order chi connectivity index (χ0) is 13.0. The third kappa shape index (κ3) is 3.73. The van der Waals surface area contributed by atoms with Crippen LogP contribution in [0, 0.1) is 0 Å². The number of nitrogens with zero attached hydrogens (tertiary/aromatic N) is 1. The lowest BCUT2D eigenvalue weighted by Crippen LogP contribution is -2.55. The minimum Gasteiger partial charge on any atom is -0.468 e. The fourth-order valence-corrected chi connectivity index (χ4v) is 2.23. The highest BCUT2D eigenvalue weighted by Crippen LogP contribution is 2.16. The minimum atomic E-state index is -3.65. The predicted octanol–water partition coefficient (Wildman–Crippen LogP) is 0.114. The number of hydrogen-bond acceptors (Lipinski definition) is 4. The highest BCUT2D eigenvalue weighted by Gasteiger charge is 2.38. The summed E-state index contributed by atoms with van der Waals surface area (Å²) >= 11 is 0. The van der Waals surface area contributed by atoms with Crippen molar-refractivity contribution in [2.45, 2.75) is 32.2 Å². The van der Waals surface area contributed by atoms with Crippen molar-refractivity contribution in [1.82, 2.24) is 9.03 Å². The van der Waals surface area contributed by atoms with E-state index < -0.39 is 21.7 Å². The topological polar surface area (TPSA) is 75.7 Å². The number of ether oxygens (including phenoxy) is 1. The fourth-order valence-electron chi connectivity index (χ4n) is 1.30. The lowest BCUT2D eigenvalue weighted by atomic mass is 9.98. The van der Waals surface area contributed by atoms with Crippen molar-refractivity contribution < 1.29 is 17.9 Å². The molecule has 0 aliphatic rings. The van der Waals surface area contributed by atoms with Crippen LogP contribution < -0.4 is 4.72 Å². The van der Waals surface area contributed by atoms with E-state index in [1.54, 1.807) is 0 Å². The molecular formula is C9H20N2O4S. The van der Waals surface area contributed by atoms with E-state index in [1.165, 1.54) is 28.1 Å². The highest BCUT2D eigenvalue weighted by molar-refractivity contribution is 7.87. The molecule has 6 nitrogen and oxygen atoms in total. The van der Waals surface area contributed by atoms with Gasteiger partial charge in [0.1, 0.15) is 5.54 Å². The summed E-state index contributed by atoms with van der Waals surface area (Å²) in [7, 11) is 0.375. The number of hydrogen-bond donors (Lipinski definition) is 1. The maximum absolute atomic E-state index is 11.6. The van der Waals surface area contributed by atoms with Crippen LogP contribution in [-0.2, 0) is 19.7 Å². The van der Waals surface area contributed by atoms with Gasteiger partial charge in [0, 0.05) is 14.1 Å². The van der Waals surface area contributed by atoms with Gasteiger partial charge in [0.15, 0.2) is 0 Å². The molecule has 0 rings (SSSR count). The van der Waals surface area contributed by atoms with Crippen molar-refractivity contribution in [3.8, 4) is 0 Å². The van der Waals surface area contributed by atoms with E-state index in [4.69, 9.17) is 0 Å². The van der Waals surface area contributed by atoms with Crippen LogP contribution in [0.4, 0.5) is 0 Å². The van der Waals surface area contributed by atoms with Gasteiger partial charge in [-0.2, -0.15) is 17.4 Å². The van der Waals surface area contributed by atoms with E-state index in [9.17, 15) is 13.2 Å². The molecule has 0 aliphatic heterocycles. The first-order valence-corrected chi connectivity index (χ1v) is 6.43. The molecule has 0 radical (unpaired) electrons. The Morgan fingerprint density at radius 2 is 1.94 bits per heavy atom. The van der Waals surface area contributed by atoms with E-state index in [2.05, 4.69) is 9.46 Å². The van der Waals surface area contributed by atoms with Crippen LogP contribution in [0.5, 0.6) is 0 Å². The van der Waals surface area contributed by atoms with Gasteiger partial charge in [-0.15, -0.1) is 0 Å². The van der Waals surface area contributed by atoms with Crippen LogP contribution in [-0.4, -0.2) is 45.4 Å². The Labute approximate surface area is 97.1 Å². The Balaban J connectivity index is 5.03. The second-order valence-corrected chi connectivity index (χ2v) is 5.85. The quantitative estimate of drug-likeness (QED) is 0.681. The van der Waals surface area contributed by atoms with E-state index in [1.807, 2.05) is 6.92 Å². The normalized spacial score (nSPS) is 15.9.